The summed E-state index contributed by atoms with van der Waals surface area (Å²) in [4.78, 5) is 19.6. The van der Waals surface area contributed by atoms with Gasteiger partial charge in [0.2, 0.25) is 11.3 Å². The Labute approximate surface area is 137 Å². The number of aromatic nitrogens is 1. The van der Waals surface area contributed by atoms with Gasteiger partial charge in [0, 0.05) is 39.9 Å². The number of hydrogen-bond donors (Lipinski definition) is 0. The molecule has 1 aromatic heterocycles. The molecule has 2 aromatic carbocycles. The molecule has 0 radical (unpaired) electrons. The zero-order valence-electron chi connectivity index (χ0n) is 13.4. The fourth-order valence-corrected chi connectivity index (χ4v) is 3.58. The van der Waals surface area contributed by atoms with E-state index in [9.17, 15) is 10.1 Å². The summed E-state index contributed by atoms with van der Waals surface area (Å²) in [5.41, 5.74) is 3.24. The predicted octanol–water partition coefficient (Wildman–Crippen LogP) is 3.77. The van der Waals surface area contributed by atoms with E-state index in [4.69, 9.17) is 0 Å². The van der Waals surface area contributed by atoms with Crippen molar-refractivity contribution in [2.75, 3.05) is 38.0 Å². The van der Waals surface area contributed by atoms with Crippen molar-refractivity contribution in [1.82, 2.24) is 4.98 Å². The van der Waals surface area contributed by atoms with Crippen LogP contribution in [0.5, 0.6) is 0 Å². The van der Waals surface area contributed by atoms with E-state index in [2.05, 4.69) is 4.98 Å². The maximum Gasteiger partial charge on any atom is 0.359 e. The SMILES string of the molecule is CN(C)c1ccc2nc3ccc(N(C)C)c([N+](=O)[O-])c3[s+]c2c1. The van der Waals surface area contributed by atoms with Gasteiger partial charge in [0.05, 0.1) is 4.92 Å². The molecule has 3 rings (SSSR count). The standard InChI is InChI=1S/C16H17N4O2S/c1-18(2)10-5-6-11-14(9-10)23-16-12(17-11)7-8-13(19(3)4)15(16)20(21)22/h5-9H,1-4H3/q+1. The minimum absolute atomic E-state index is 0.113. The molecule has 3 aromatic rings. The molecule has 0 saturated carbocycles. The third-order valence-corrected chi connectivity index (χ3v) is 4.82. The van der Waals surface area contributed by atoms with Crippen LogP contribution in [0.3, 0.4) is 0 Å². The molecule has 0 saturated heterocycles. The average molecular weight is 329 g/mol. The van der Waals surface area contributed by atoms with Crippen LogP contribution in [0, 0.1) is 10.1 Å². The van der Waals surface area contributed by atoms with Crippen molar-refractivity contribution in [2.45, 2.75) is 0 Å². The van der Waals surface area contributed by atoms with E-state index >= 15 is 0 Å². The van der Waals surface area contributed by atoms with E-state index in [0.29, 0.717) is 15.9 Å². The number of fused-ring (bicyclic) bond motifs is 2. The topological polar surface area (TPSA) is 62.5 Å². The summed E-state index contributed by atoms with van der Waals surface area (Å²) in [6, 6.07) is 9.55. The van der Waals surface area contributed by atoms with Gasteiger partial charge < -0.3 is 9.80 Å². The highest BCUT2D eigenvalue weighted by Crippen LogP contribution is 2.39. The lowest BCUT2D eigenvalue weighted by atomic mass is 10.2. The second-order valence-corrected chi connectivity index (χ2v) is 6.75. The number of rotatable bonds is 3. The number of nitro benzene ring substituents is 1. The van der Waals surface area contributed by atoms with Crippen LogP contribution < -0.4 is 9.80 Å². The Bertz CT molecular complexity index is 925. The van der Waals surface area contributed by atoms with Crippen LogP contribution in [0.2, 0.25) is 0 Å². The minimum atomic E-state index is -0.322. The summed E-state index contributed by atoms with van der Waals surface area (Å²) >= 11 is 1.41. The van der Waals surface area contributed by atoms with Gasteiger partial charge in [-0.25, -0.2) is 4.98 Å². The predicted molar refractivity (Wildman–Crippen MR) is 96.8 cm³/mol. The summed E-state index contributed by atoms with van der Waals surface area (Å²) in [5, 5.41) is 11.6. The number of benzene rings is 2. The van der Waals surface area contributed by atoms with Gasteiger partial charge in [0.1, 0.15) is 16.7 Å². The van der Waals surface area contributed by atoms with Crippen LogP contribution in [0.25, 0.3) is 20.4 Å². The lowest BCUT2D eigenvalue weighted by Gasteiger charge is -2.12. The quantitative estimate of drug-likeness (QED) is 0.317. The van der Waals surface area contributed by atoms with Gasteiger partial charge in [-0.05, 0) is 24.3 Å². The number of anilines is 2. The molecule has 0 spiro atoms. The van der Waals surface area contributed by atoms with Gasteiger partial charge in [-0.3, -0.25) is 10.1 Å². The summed E-state index contributed by atoms with van der Waals surface area (Å²) in [5.74, 6) is 0. The first kappa shape index (κ1) is 15.4. The first-order valence-corrected chi connectivity index (χ1v) is 7.90. The van der Waals surface area contributed by atoms with Crippen LogP contribution in [0.1, 0.15) is 0 Å². The molecule has 7 heteroatoms. The maximum atomic E-state index is 11.6. The summed E-state index contributed by atoms with van der Waals surface area (Å²) in [6.45, 7) is 0. The van der Waals surface area contributed by atoms with Crippen molar-refractivity contribution in [1.29, 1.82) is 0 Å². The van der Waals surface area contributed by atoms with Crippen LogP contribution >= 0.6 is 11.3 Å². The van der Waals surface area contributed by atoms with Gasteiger partial charge in [-0.1, -0.05) is 0 Å². The lowest BCUT2D eigenvalue weighted by molar-refractivity contribution is -0.382. The van der Waals surface area contributed by atoms with Crippen molar-refractivity contribution in [2.24, 2.45) is 0 Å². The molecule has 0 unspecified atom stereocenters. The lowest BCUT2D eigenvalue weighted by Crippen LogP contribution is -2.11. The average Bonchev–Trinajstić information content (AvgIpc) is 2.50. The van der Waals surface area contributed by atoms with Gasteiger partial charge in [-0.2, -0.15) is 0 Å². The summed E-state index contributed by atoms with van der Waals surface area (Å²) < 4.78 is 1.53. The minimum Gasteiger partial charge on any atom is -0.377 e. The Balaban J connectivity index is 2.38. The fourth-order valence-electron chi connectivity index (χ4n) is 2.47. The normalized spacial score (nSPS) is 11.0. The highest BCUT2D eigenvalue weighted by atomic mass is 32.1. The molecule has 0 atom stereocenters. The number of nitrogens with zero attached hydrogens (tertiary/aromatic N) is 4. The van der Waals surface area contributed by atoms with Crippen LogP contribution in [-0.4, -0.2) is 38.1 Å². The highest BCUT2D eigenvalue weighted by molar-refractivity contribution is 7.25. The zero-order chi connectivity index (χ0) is 16.7. The molecule has 0 aliphatic heterocycles. The van der Waals surface area contributed by atoms with Crippen molar-refractivity contribution in [3.05, 3.63) is 40.4 Å². The third kappa shape index (κ3) is 2.63. The fraction of sp³-hybridized carbons (Fsp3) is 0.250. The molecule has 6 nitrogen and oxygen atoms in total. The van der Waals surface area contributed by atoms with Crippen LogP contribution in [0.4, 0.5) is 17.1 Å². The molecule has 0 bridgehead atoms. The number of nitro groups is 1. The Kier molecular flexibility index (Phi) is 3.73. The smallest absolute Gasteiger partial charge is 0.359 e. The molecule has 118 valence electrons. The Morgan fingerprint density at radius 2 is 1.74 bits per heavy atom. The van der Waals surface area contributed by atoms with E-state index in [1.54, 1.807) is 25.1 Å². The molecule has 0 aliphatic rings. The first-order chi connectivity index (χ1) is 10.9. The number of hydrogen-bond acceptors (Lipinski definition) is 5. The Morgan fingerprint density at radius 1 is 1.04 bits per heavy atom. The highest BCUT2D eigenvalue weighted by Gasteiger charge is 2.29. The second-order valence-electron chi connectivity index (χ2n) is 5.69. The molecule has 23 heavy (non-hydrogen) atoms. The van der Waals surface area contributed by atoms with Gasteiger partial charge >= 0.3 is 10.4 Å². The van der Waals surface area contributed by atoms with Gasteiger partial charge in [0.15, 0.2) is 0 Å². The Morgan fingerprint density at radius 3 is 2.35 bits per heavy atom. The van der Waals surface area contributed by atoms with Gasteiger partial charge in [0.25, 0.3) is 4.70 Å². The Hall–Kier alpha value is -2.54. The largest absolute Gasteiger partial charge is 0.377 e. The first-order valence-electron chi connectivity index (χ1n) is 7.08. The summed E-state index contributed by atoms with van der Waals surface area (Å²) in [7, 11) is 7.54. The van der Waals surface area contributed by atoms with Crippen molar-refractivity contribution in [3.63, 3.8) is 0 Å². The molecule has 0 aliphatic carbocycles. The van der Waals surface area contributed by atoms with Crippen molar-refractivity contribution < 1.29 is 4.92 Å². The maximum absolute atomic E-state index is 11.6. The molecule has 1 heterocycles. The van der Waals surface area contributed by atoms with E-state index in [-0.39, 0.29) is 10.6 Å². The van der Waals surface area contributed by atoms with Crippen LogP contribution in [-0.2, 0) is 0 Å². The monoisotopic (exact) mass is 329 g/mol. The summed E-state index contributed by atoms with van der Waals surface area (Å²) in [6.07, 6.45) is 0. The molecular formula is C16H17N4O2S+. The second kappa shape index (κ2) is 5.58. The zero-order valence-corrected chi connectivity index (χ0v) is 14.2. The van der Waals surface area contributed by atoms with E-state index in [1.807, 2.05) is 43.3 Å². The third-order valence-electron chi connectivity index (χ3n) is 3.67. The van der Waals surface area contributed by atoms with E-state index in [1.165, 1.54) is 11.3 Å². The van der Waals surface area contributed by atoms with E-state index < -0.39 is 0 Å². The van der Waals surface area contributed by atoms with Crippen molar-refractivity contribution >= 4 is 48.8 Å². The van der Waals surface area contributed by atoms with E-state index in [0.717, 1.165) is 15.9 Å². The molecule has 0 amide bonds. The molecule has 0 N–H and O–H groups in total. The van der Waals surface area contributed by atoms with Gasteiger partial charge in [-0.15, -0.1) is 0 Å². The molecular weight excluding hydrogens is 312 g/mol. The van der Waals surface area contributed by atoms with Crippen LogP contribution in [0.15, 0.2) is 30.3 Å². The molecule has 0 fully saturated rings. The van der Waals surface area contributed by atoms with Crippen molar-refractivity contribution in [3.8, 4) is 0 Å².